The quantitative estimate of drug-likeness (QED) is 0.885. The second-order valence-corrected chi connectivity index (χ2v) is 6.25. The summed E-state index contributed by atoms with van der Waals surface area (Å²) < 4.78 is 19.2. The number of halogens is 2. The second kappa shape index (κ2) is 7.36. The molecule has 0 aliphatic carbocycles. The molecule has 1 aromatic rings. The highest BCUT2D eigenvalue weighted by Crippen LogP contribution is 2.22. The fourth-order valence-electron chi connectivity index (χ4n) is 2.90. The average molecular weight is 356 g/mol. The van der Waals surface area contributed by atoms with E-state index in [-0.39, 0.29) is 22.7 Å². The lowest BCUT2D eigenvalue weighted by Gasteiger charge is -2.35. The lowest BCUT2D eigenvalue weighted by atomic mass is 10.2. The van der Waals surface area contributed by atoms with Crippen LogP contribution in [0.5, 0.6) is 0 Å². The van der Waals surface area contributed by atoms with Gasteiger partial charge in [0.05, 0.1) is 10.7 Å². The Morgan fingerprint density at radius 2 is 1.92 bits per heavy atom. The van der Waals surface area contributed by atoms with Crippen molar-refractivity contribution in [1.29, 1.82) is 0 Å². The van der Waals surface area contributed by atoms with Crippen molar-refractivity contribution in [1.82, 2.24) is 9.80 Å². The van der Waals surface area contributed by atoms with Gasteiger partial charge in [-0.3, -0.25) is 4.79 Å². The number of carbonyl (C=O) groups is 2. The van der Waals surface area contributed by atoms with Crippen molar-refractivity contribution in [2.24, 2.45) is 0 Å². The molecule has 1 N–H and O–H groups in total. The summed E-state index contributed by atoms with van der Waals surface area (Å²) in [7, 11) is 0. The Morgan fingerprint density at radius 3 is 2.58 bits per heavy atom. The van der Waals surface area contributed by atoms with Gasteiger partial charge < -0.3 is 19.9 Å². The van der Waals surface area contributed by atoms with Crippen LogP contribution in [0.1, 0.15) is 12.8 Å². The molecule has 8 heteroatoms. The largest absolute Gasteiger partial charge is 0.368 e. The van der Waals surface area contributed by atoms with E-state index in [1.165, 1.54) is 12.1 Å². The Kier molecular flexibility index (Phi) is 5.20. The van der Waals surface area contributed by atoms with Crippen molar-refractivity contribution in [2.75, 3.05) is 38.1 Å². The molecule has 1 atom stereocenters. The van der Waals surface area contributed by atoms with E-state index in [2.05, 4.69) is 5.32 Å². The van der Waals surface area contributed by atoms with Gasteiger partial charge in [0.15, 0.2) is 5.82 Å². The normalized spacial score (nSPS) is 21.0. The van der Waals surface area contributed by atoms with Crippen LogP contribution in [0.3, 0.4) is 0 Å². The van der Waals surface area contributed by atoms with Gasteiger partial charge in [0.25, 0.3) is 5.91 Å². The van der Waals surface area contributed by atoms with Crippen molar-refractivity contribution in [3.63, 3.8) is 0 Å². The number of amides is 3. The van der Waals surface area contributed by atoms with E-state index in [4.69, 9.17) is 16.3 Å². The molecule has 3 amide bonds. The molecule has 0 spiro atoms. The van der Waals surface area contributed by atoms with Crippen LogP contribution in [0.25, 0.3) is 0 Å². The predicted molar refractivity (Wildman–Crippen MR) is 87.6 cm³/mol. The third-order valence-corrected chi connectivity index (χ3v) is 4.57. The maximum atomic E-state index is 13.8. The molecular formula is C16H19ClFN3O3. The van der Waals surface area contributed by atoms with Gasteiger partial charge in [-0.25, -0.2) is 9.18 Å². The first-order chi connectivity index (χ1) is 11.6. The van der Waals surface area contributed by atoms with Gasteiger partial charge in [-0.15, -0.1) is 0 Å². The minimum Gasteiger partial charge on any atom is -0.368 e. The number of anilines is 1. The summed E-state index contributed by atoms with van der Waals surface area (Å²) in [5.74, 6) is -0.659. The number of nitrogens with one attached hydrogen (secondary N) is 1. The molecule has 2 aliphatic heterocycles. The second-order valence-electron chi connectivity index (χ2n) is 5.85. The fourth-order valence-corrected chi connectivity index (χ4v) is 3.08. The van der Waals surface area contributed by atoms with Crippen LogP contribution in [0.4, 0.5) is 14.9 Å². The van der Waals surface area contributed by atoms with Crippen LogP contribution in [-0.2, 0) is 9.53 Å². The van der Waals surface area contributed by atoms with Crippen LogP contribution in [0, 0.1) is 5.82 Å². The van der Waals surface area contributed by atoms with E-state index in [1.54, 1.807) is 15.9 Å². The first-order valence-corrected chi connectivity index (χ1v) is 8.34. The summed E-state index contributed by atoms with van der Waals surface area (Å²) >= 11 is 5.70. The van der Waals surface area contributed by atoms with E-state index >= 15 is 0 Å². The number of rotatable bonds is 2. The maximum Gasteiger partial charge on any atom is 0.322 e. The zero-order valence-corrected chi connectivity index (χ0v) is 13.9. The Bertz CT molecular complexity index is 629. The summed E-state index contributed by atoms with van der Waals surface area (Å²) in [6, 6.07) is 4.04. The molecule has 130 valence electrons. The van der Waals surface area contributed by atoms with E-state index in [9.17, 15) is 14.0 Å². The number of hydrogen-bond acceptors (Lipinski definition) is 3. The van der Waals surface area contributed by atoms with Gasteiger partial charge in [-0.05, 0) is 25.0 Å². The van der Waals surface area contributed by atoms with Crippen LogP contribution in [0.15, 0.2) is 18.2 Å². The SMILES string of the molecule is O=C(Nc1cccc(Cl)c1F)N1CCN(C(=O)C2CCCO2)CC1. The van der Waals surface area contributed by atoms with Crippen molar-refractivity contribution in [2.45, 2.75) is 18.9 Å². The van der Waals surface area contributed by atoms with E-state index in [0.717, 1.165) is 12.8 Å². The van der Waals surface area contributed by atoms with E-state index in [0.29, 0.717) is 32.8 Å². The zero-order chi connectivity index (χ0) is 17.1. The highest BCUT2D eigenvalue weighted by Gasteiger charge is 2.31. The van der Waals surface area contributed by atoms with Crippen LogP contribution >= 0.6 is 11.6 Å². The van der Waals surface area contributed by atoms with Gasteiger partial charge in [-0.2, -0.15) is 0 Å². The molecule has 0 bridgehead atoms. The van der Waals surface area contributed by atoms with Crippen molar-refractivity contribution >= 4 is 29.2 Å². The molecule has 0 saturated carbocycles. The van der Waals surface area contributed by atoms with Gasteiger partial charge >= 0.3 is 6.03 Å². The predicted octanol–water partition coefficient (Wildman–Crippen LogP) is 2.33. The molecule has 0 aromatic heterocycles. The standard InChI is InChI=1S/C16H19ClFN3O3/c17-11-3-1-4-12(14(11)18)19-16(23)21-8-6-20(7-9-21)15(22)13-5-2-10-24-13/h1,3-4,13H,2,5-10H2,(H,19,23). The van der Waals surface area contributed by atoms with E-state index < -0.39 is 11.8 Å². The molecule has 2 saturated heterocycles. The molecular weight excluding hydrogens is 337 g/mol. The number of ether oxygens (including phenoxy) is 1. The lowest BCUT2D eigenvalue weighted by molar-refractivity contribution is -0.142. The highest BCUT2D eigenvalue weighted by molar-refractivity contribution is 6.31. The third kappa shape index (κ3) is 3.62. The summed E-state index contributed by atoms with van der Waals surface area (Å²) in [6.07, 6.45) is 1.32. The fraction of sp³-hybridized carbons (Fsp3) is 0.500. The smallest absolute Gasteiger partial charge is 0.322 e. The van der Waals surface area contributed by atoms with Gasteiger partial charge in [-0.1, -0.05) is 17.7 Å². The molecule has 6 nitrogen and oxygen atoms in total. The minimum absolute atomic E-state index is 0.00607. The molecule has 2 heterocycles. The monoisotopic (exact) mass is 355 g/mol. The molecule has 0 radical (unpaired) electrons. The molecule has 2 aliphatic rings. The number of benzene rings is 1. The van der Waals surface area contributed by atoms with Gasteiger partial charge in [0.1, 0.15) is 6.10 Å². The first-order valence-electron chi connectivity index (χ1n) is 7.96. The Balaban J connectivity index is 1.53. The van der Waals surface area contributed by atoms with Crippen LogP contribution < -0.4 is 5.32 Å². The minimum atomic E-state index is -0.653. The summed E-state index contributed by atoms with van der Waals surface area (Å²) in [6.45, 7) is 2.32. The topological polar surface area (TPSA) is 61.9 Å². The number of piperazine rings is 1. The maximum absolute atomic E-state index is 13.8. The number of nitrogens with zero attached hydrogens (tertiary/aromatic N) is 2. The zero-order valence-electron chi connectivity index (χ0n) is 13.1. The lowest BCUT2D eigenvalue weighted by Crippen LogP contribution is -2.53. The van der Waals surface area contributed by atoms with Gasteiger partial charge in [0, 0.05) is 32.8 Å². The van der Waals surface area contributed by atoms with E-state index in [1.807, 2.05) is 0 Å². The summed E-state index contributed by atoms with van der Waals surface area (Å²) in [5.41, 5.74) is 0.0466. The number of hydrogen-bond donors (Lipinski definition) is 1. The van der Waals surface area contributed by atoms with Crippen LogP contribution in [0.2, 0.25) is 5.02 Å². The summed E-state index contributed by atoms with van der Waals surface area (Å²) in [4.78, 5) is 27.8. The Hall–Kier alpha value is -1.86. The Labute approximate surface area is 144 Å². The molecule has 2 fully saturated rings. The summed E-state index contributed by atoms with van der Waals surface area (Å²) in [5, 5.41) is 2.48. The first kappa shape index (κ1) is 17.0. The van der Waals surface area contributed by atoms with Crippen molar-refractivity contribution in [3.8, 4) is 0 Å². The molecule has 1 aromatic carbocycles. The average Bonchev–Trinajstić information content (AvgIpc) is 3.13. The highest BCUT2D eigenvalue weighted by atomic mass is 35.5. The third-order valence-electron chi connectivity index (χ3n) is 4.28. The number of carbonyl (C=O) groups excluding carboxylic acids is 2. The van der Waals surface area contributed by atoms with Crippen LogP contribution in [-0.4, -0.2) is 60.6 Å². The van der Waals surface area contributed by atoms with Crippen molar-refractivity contribution in [3.05, 3.63) is 29.0 Å². The van der Waals surface area contributed by atoms with Gasteiger partial charge in [0.2, 0.25) is 0 Å². The Morgan fingerprint density at radius 1 is 1.21 bits per heavy atom. The number of urea groups is 1. The molecule has 3 rings (SSSR count). The molecule has 1 unspecified atom stereocenters. The van der Waals surface area contributed by atoms with Crippen molar-refractivity contribution < 1.29 is 18.7 Å². The molecule has 24 heavy (non-hydrogen) atoms.